The van der Waals surface area contributed by atoms with Crippen LogP contribution in [-0.4, -0.2) is 12.6 Å². The Labute approximate surface area is 133 Å². The topological polar surface area (TPSA) is 3.24 Å². The zero-order valence-electron chi connectivity index (χ0n) is 12.5. The Morgan fingerprint density at radius 3 is 2.55 bits per heavy atom. The van der Waals surface area contributed by atoms with E-state index in [1.165, 1.54) is 43.4 Å². The predicted octanol–water partition coefficient (Wildman–Crippen LogP) is 5.87. The van der Waals surface area contributed by atoms with E-state index >= 15 is 0 Å². The first kappa shape index (κ1) is 16.0. The fraction of sp³-hybridized carbons (Fsp3) is 0.647. The molecule has 1 aromatic carbocycles. The molecule has 0 unspecified atom stereocenters. The first-order chi connectivity index (χ1) is 9.61. The zero-order valence-corrected chi connectivity index (χ0v) is 14.1. The van der Waals surface area contributed by atoms with Crippen molar-refractivity contribution < 1.29 is 0 Å². The summed E-state index contributed by atoms with van der Waals surface area (Å²) in [5.41, 5.74) is 2.45. The highest BCUT2D eigenvalue weighted by atomic mass is 35.5. The van der Waals surface area contributed by atoms with Gasteiger partial charge in [0.15, 0.2) is 0 Å². The van der Waals surface area contributed by atoms with E-state index in [-0.39, 0.29) is 0 Å². The highest BCUT2D eigenvalue weighted by molar-refractivity contribution is 6.31. The number of benzene rings is 1. The maximum atomic E-state index is 6.22. The quantitative estimate of drug-likeness (QED) is 0.593. The molecule has 112 valence electrons. The Bertz CT molecular complexity index is 425. The number of alkyl halides is 1. The Balaban J connectivity index is 2.26. The molecule has 3 heteroatoms. The first-order valence-electron chi connectivity index (χ1n) is 7.73. The van der Waals surface area contributed by atoms with Gasteiger partial charge in [0.2, 0.25) is 0 Å². The summed E-state index contributed by atoms with van der Waals surface area (Å²) in [5, 5.41) is 0.807. The number of halogens is 2. The number of hydrogen-bond acceptors (Lipinski definition) is 1. The lowest BCUT2D eigenvalue weighted by molar-refractivity contribution is 0.528. The van der Waals surface area contributed by atoms with Crippen LogP contribution in [-0.2, 0) is 5.88 Å². The standard InChI is InChI=1S/C17H25Cl2N/c1-13(2)9-10-20(16-5-3-4-6-16)17-11-15(19)8-7-14(17)12-18/h7-8,11,13,16H,3-6,9-10,12H2,1-2H3. The third kappa shape index (κ3) is 4.05. The highest BCUT2D eigenvalue weighted by Gasteiger charge is 2.24. The molecule has 0 heterocycles. The third-order valence-electron chi connectivity index (χ3n) is 4.21. The van der Waals surface area contributed by atoms with E-state index < -0.39 is 0 Å². The minimum Gasteiger partial charge on any atom is -0.368 e. The van der Waals surface area contributed by atoms with E-state index in [0.717, 1.165) is 17.5 Å². The second-order valence-electron chi connectivity index (χ2n) is 6.22. The largest absolute Gasteiger partial charge is 0.368 e. The van der Waals surface area contributed by atoms with Crippen LogP contribution < -0.4 is 4.90 Å². The van der Waals surface area contributed by atoms with E-state index in [0.29, 0.717) is 11.9 Å². The number of rotatable bonds is 6. The lowest BCUT2D eigenvalue weighted by Crippen LogP contribution is -2.35. The van der Waals surface area contributed by atoms with Gasteiger partial charge in [0.05, 0.1) is 0 Å². The van der Waals surface area contributed by atoms with Crippen LogP contribution in [0.2, 0.25) is 5.02 Å². The molecule has 1 saturated carbocycles. The van der Waals surface area contributed by atoms with Crippen LogP contribution in [0, 0.1) is 5.92 Å². The molecule has 1 fully saturated rings. The summed E-state index contributed by atoms with van der Waals surface area (Å²) in [6.45, 7) is 5.67. The minimum atomic E-state index is 0.553. The van der Waals surface area contributed by atoms with Crippen molar-refractivity contribution in [3.05, 3.63) is 28.8 Å². The molecule has 1 aliphatic carbocycles. The second kappa shape index (κ2) is 7.56. The van der Waals surface area contributed by atoms with Crippen molar-refractivity contribution in [1.82, 2.24) is 0 Å². The molecule has 20 heavy (non-hydrogen) atoms. The number of hydrogen-bond donors (Lipinski definition) is 0. The smallest absolute Gasteiger partial charge is 0.0494 e. The molecule has 0 radical (unpaired) electrons. The van der Waals surface area contributed by atoms with Gasteiger partial charge >= 0.3 is 0 Å². The molecular weight excluding hydrogens is 289 g/mol. The minimum absolute atomic E-state index is 0.553. The average molecular weight is 314 g/mol. The van der Waals surface area contributed by atoms with Gasteiger partial charge in [-0.1, -0.05) is 44.4 Å². The van der Waals surface area contributed by atoms with Gasteiger partial charge in [-0.25, -0.2) is 0 Å². The summed E-state index contributed by atoms with van der Waals surface area (Å²) in [7, 11) is 0. The van der Waals surface area contributed by atoms with Crippen LogP contribution >= 0.6 is 23.2 Å². The summed E-state index contributed by atoms with van der Waals surface area (Å²) in [4.78, 5) is 2.57. The molecule has 0 aliphatic heterocycles. The molecular formula is C17H25Cl2N. The van der Waals surface area contributed by atoms with E-state index in [2.05, 4.69) is 30.9 Å². The Morgan fingerprint density at radius 1 is 1.25 bits per heavy atom. The van der Waals surface area contributed by atoms with Gasteiger partial charge in [-0.15, -0.1) is 11.6 Å². The molecule has 0 amide bonds. The molecule has 1 aromatic rings. The molecule has 0 bridgehead atoms. The van der Waals surface area contributed by atoms with Crippen LogP contribution in [0.3, 0.4) is 0 Å². The van der Waals surface area contributed by atoms with Crippen molar-refractivity contribution in [2.24, 2.45) is 5.92 Å². The number of anilines is 1. The van der Waals surface area contributed by atoms with E-state index in [1.807, 2.05) is 6.07 Å². The van der Waals surface area contributed by atoms with Crippen LogP contribution in [0.4, 0.5) is 5.69 Å². The summed E-state index contributed by atoms with van der Waals surface area (Å²) >= 11 is 12.3. The van der Waals surface area contributed by atoms with Crippen molar-refractivity contribution in [3.8, 4) is 0 Å². The SMILES string of the molecule is CC(C)CCN(c1cc(Cl)ccc1CCl)C1CCCC1. The molecule has 0 saturated heterocycles. The van der Waals surface area contributed by atoms with E-state index in [1.54, 1.807) is 0 Å². The summed E-state index contributed by atoms with van der Waals surface area (Å²) in [5.74, 6) is 1.27. The van der Waals surface area contributed by atoms with Gasteiger partial charge in [-0.05, 0) is 42.9 Å². The van der Waals surface area contributed by atoms with Crippen molar-refractivity contribution >= 4 is 28.9 Å². The van der Waals surface area contributed by atoms with Crippen LogP contribution in [0.5, 0.6) is 0 Å². The normalized spacial score (nSPS) is 16.1. The maximum absolute atomic E-state index is 6.22. The molecule has 0 spiro atoms. The molecule has 0 atom stereocenters. The van der Waals surface area contributed by atoms with Crippen molar-refractivity contribution in [1.29, 1.82) is 0 Å². The molecule has 0 N–H and O–H groups in total. The maximum Gasteiger partial charge on any atom is 0.0494 e. The lowest BCUT2D eigenvalue weighted by atomic mass is 10.1. The Kier molecular flexibility index (Phi) is 6.04. The lowest BCUT2D eigenvalue weighted by Gasteiger charge is -2.33. The second-order valence-corrected chi connectivity index (χ2v) is 6.92. The predicted molar refractivity (Wildman–Crippen MR) is 90.1 cm³/mol. The molecule has 1 aliphatic rings. The van der Waals surface area contributed by atoms with E-state index in [9.17, 15) is 0 Å². The van der Waals surface area contributed by atoms with Gasteiger partial charge in [0.1, 0.15) is 0 Å². The summed E-state index contributed by atoms with van der Waals surface area (Å²) in [6, 6.07) is 6.77. The monoisotopic (exact) mass is 313 g/mol. The van der Waals surface area contributed by atoms with Crippen molar-refractivity contribution in [2.75, 3.05) is 11.4 Å². The van der Waals surface area contributed by atoms with Gasteiger partial charge in [0, 0.05) is 29.2 Å². The van der Waals surface area contributed by atoms with Gasteiger partial charge in [0.25, 0.3) is 0 Å². The van der Waals surface area contributed by atoms with Crippen molar-refractivity contribution in [2.45, 2.75) is 57.9 Å². The van der Waals surface area contributed by atoms with Crippen molar-refractivity contribution in [3.63, 3.8) is 0 Å². The Hall–Kier alpha value is -0.400. The van der Waals surface area contributed by atoms with Crippen LogP contribution in [0.25, 0.3) is 0 Å². The van der Waals surface area contributed by atoms with Crippen LogP contribution in [0.1, 0.15) is 51.5 Å². The van der Waals surface area contributed by atoms with Crippen LogP contribution in [0.15, 0.2) is 18.2 Å². The van der Waals surface area contributed by atoms with E-state index in [4.69, 9.17) is 23.2 Å². The van der Waals surface area contributed by atoms with Gasteiger partial charge in [-0.3, -0.25) is 0 Å². The highest BCUT2D eigenvalue weighted by Crippen LogP contribution is 2.33. The third-order valence-corrected chi connectivity index (χ3v) is 4.74. The Morgan fingerprint density at radius 2 is 1.95 bits per heavy atom. The fourth-order valence-corrected chi connectivity index (χ4v) is 3.42. The summed E-state index contributed by atoms with van der Waals surface area (Å²) < 4.78 is 0. The molecule has 0 aromatic heterocycles. The zero-order chi connectivity index (χ0) is 14.5. The summed E-state index contributed by atoms with van der Waals surface area (Å²) in [6.07, 6.45) is 6.50. The number of nitrogens with zero attached hydrogens (tertiary/aromatic N) is 1. The van der Waals surface area contributed by atoms with Gasteiger partial charge in [-0.2, -0.15) is 0 Å². The molecule has 1 nitrogen and oxygen atoms in total. The average Bonchev–Trinajstić information content (AvgIpc) is 2.93. The van der Waals surface area contributed by atoms with Gasteiger partial charge < -0.3 is 4.90 Å². The first-order valence-corrected chi connectivity index (χ1v) is 8.64. The molecule has 2 rings (SSSR count). The fourth-order valence-electron chi connectivity index (χ4n) is 3.03.